The lowest BCUT2D eigenvalue weighted by Gasteiger charge is -2.15. The zero-order valence-corrected chi connectivity index (χ0v) is 10.9. The minimum Gasteiger partial charge on any atom is -0.481 e. The lowest BCUT2D eigenvalue weighted by atomic mass is 10.1. The molecular formula is C12H15N5O2. The molecule has 1 fully saturated rings. The van der Waals surface area contributed by atoms with E-state index in [1.54, 1.807) is 26.3 Å². The van der Waals surface area contributed by atoms with Gasteiger partial charge in [-0.15, -0.1) is 10.2 Å². The van der Waals surface area contributed by atoms with Crippen LogP contribution in [0.1, 0.15) is 24.1 Å². The van der Waals surface area contributed by atoms with Gasteiger partial charge in [-0.25, -0.2) is 4.98 Å². The Morgan fingerprint density at radius 3 is 3.05 bits per heavy atom. The van der Waals surface area contributed by atoms with Gasteiger partial charge in [0.2, 0.25) is 23.6 Å². The highest BCUT2D eigenvalue weighted by atomic mass is 16.5. The van der Waals surface area contributed by atoms with Crippen LogP contribution in [-0.2, 0) is 0 Å². The Bertz CT molecular complexity index is 571. The van der Waals surface area contributed by atoms with Gasteiger partial charge in [-0.05, 0) is 6.42 Å². The monoisotopic (exact) mass is 261 g/mol. The Hall–Kier alpha value is -2.18. The number of methoxy groups -OCH3 is 1. The zero-order chi connectivity index (χ0) is 13.2. The number of aromatic nitrogens is 4. The van der Waals surface area contributed by atoms with Gasteiger partial charge in [0, 0.05) is 32.3 Å². The second-order valence-electron chi connectivity index (χ2n) is 4.49. The largest absolute Gasteiger partial charge is 0.481 e. The number of hydrogen-bond acceptors (Lipinski definition) is 7. The van der Waals surface area contributed by atoms with Gasteiger partial charge in [0.25, 0.3) is 0 Å². The number of nitrogens with zero attached hydrogens (tertiary/aromatic N) is 5. The fraction of sp³-hybridized carbons (Fsp3) is 0.500. The van der Waals surface area contributed by atoms with E-state index in [-0.39, 0.29) is 5.92 Å². The summed E-state index contributed by atoms with van der Waals surface area (Å²) in [4.78, 5) is 10.7. The van der Waals surface area contributed by atoms with Crippen LogP contribution < -0.4 is 9.64 Å². The quantitative estimate of drug-likeness (QED) is 0.820. The van der Waals surface area contributed by atoms with Crippen LogP contribution in [0.5, 0.6) is 5.88 Å². The molecule has 0 aromatic carbocycles. The molecule has 3 heterocycles. The predicted molar refractivity (Wildman–Crippen MR) is 67.2 cm³/mol. The van der Waals surface area contributed by atoms with E-state index in [9.17, 15) is 0 Å². The van der Waals surface area contributed by atoms with E-state index in [1.807, 2.05) is 0 Å². The molecule has 0 N–H and O–H groups in total. The van der Waals surface area contributed by atoms with Crippen LogP contribution in [0.4, 0.5) is 5.95 Å². The topological polar surface area (TPSA) is 77.2 Å². The van der Waals surface area contributed by atoms with Gasteiger partial charge in [-0.1, -0.05) is 0 Å². The molecule has 2 aromatic heterocycles. The molecule has 0 bridgehead atoms. The molecule has 7 nitrogen and oxygen atoms in total. The Kier molecular flexibility index (Phi) is 3.02. The Balaban J connectivity index is 1.74. The Morgan fingerprint density at radius 1 is 1.42 bits per heavy atom. The van der Waals surface area contributed by atoms with Gasteiger partial charge in [-0.2, -0.15) is 4.98 Å². The standard InChI is InChI=1S/C12H15N5O2/c1-8-15-16-11(19-8)9-4-6-17(7-9)12-13-5-3-10(14-12)18-2/h3,5,9H,4,6-7H2,1-2H3. The molecule has 7 heteroatoms. The van der Waals surface area contributed by atoms with Crippen LogP contribution in [0.3, 0.4) is 0 Å². The number of aryl methyl sites for hydroxylation is 1. The minimum absolute atomic E-state index is 0.246. The lowest BCUT2D eigenvalue weighted by molar-refractivity contribution is 0.397. The molecule has 0 aliphatic carbocycles. The van der Waals surface area contributed by atoms with E-state index in [4.69, 9.17) is 9.15 Å². The molecule has 1 saturated heterocycles. The molecule has 1 aliphatic rings. The zero-order valence-electron chi connectivity index (χ0n) is 10.9. The van der Waals surface area contributed by atoms with Crippen molar-refractivity contribution in [2.24, 2.45) is 0 Å². The van der Waals surface area contributed by atoms with E-state index in [0.717, 1.165) is 19.5 Å². The summed E-state index contributed by atoms with van der Waals surface area (Å²) in [6.07, 6.45) is 2.66. The maximum Gasteiger partial charge on any atom is 0.228 e. The first-order valence-electron chi connectivity index (χ1n) is 6.18. The van der Waals surface area contributed by atoms with Crippen molar-refractivity contribution < 1.29 is 9.15 Å². The smallest absolute Gasteiger partial charge is 0.228 e. The fourth-order valence-corrected chi connectivity index (χ4v) is 2.22. The van der Waals surface area contributed by atoms with Crippen molar-refractivity contribution in [2.75, 3.05) is 25.1 Å². The van der Waals surface area contributed by atoms with E-state index >= 15 is 0 Å². The summed E-state index contributed by atoms with van der Waals surface area (Å²) in [6.45, 7) is 3.46. The molecule has 2 aromatic rings. The second kappa shape index (κ2) is 4.83. The normalized spacial score (nSPS) is 18.8. The predicted octanol–water partition coefficient (Wildman–Crippen LogP) is 1.17. The van der Waals surface area contributed by atoms with Crippen molar-refractivity contribution in [2.45, 2.75) is 19.3 Å². The van der Waals surface area contributed by atoms with Gasteiger partial charge in [0.05, 0.1) is 13.0 Å². The van der Waals surface area contributed by atoms with Gasteiger partial charge < -0.3 is 14.1 Å². The molecule has 0 radical (unpaired) electrons. The maximum absolute atomic E-state index is 5.48. The average molecular weight is 261 g/mol. The molecule has 0 spiro atoms. The molecule has 1 atom stereocenters. The van der Waals surface area contributed by atoms with E-state index in [0.29, 0.717) is 23.6 Å². The number of rotatable bonds is 3. The third-order valence-corrected chi connectivity index (χ3v) is 3.19. The van der Waals surface area contributed by atoms with Crippen molar-refractivity contribution in [3.05, 3.63) is 24.0 Å². The average Bonchev–Trinajstić information content (AvgIpc) is 3.07. The van der Waals surface area contributed by atoms with Crippen LogP contribution in [0, 0.1) is 6.92 Å². The maximum atomic E-state index is 5.48. The van der Waals surface area contributed by atoms with Gasteiger partial charge in [0.1, 0.15) is 0 Å². The van der Waals surface area contributed by atoms with Crippen LogP contribution in [-0.4, -0.2) is 40.4 Å². The summed E-state index contributed by atoms with van der Waals surface area (Å²) in [5.74, 6) is 2.80. The first-order valence-corrected chi connectivity index (χ1v) is 6.18. The number of ether oxygens (including phenoxy) is 1. The molecule has 1 aliphatic heterocycles. The third kappa shape index (κ3) is 2.35. The summed E-state index contributed by atoms with van der Waals surface area (Å²) in [5.41, 5.74) is 0. The van der Waals surface area contributed by atoms with E-state index in [2.05, 4.69) is 25.1 Å². The van der Waals surface area contributed by atoms with E-state index < -0.39 is 0 Å². The van der Waals surface area contributed by atoms with Crippen LogP contribution >= 0.6 is 0 Å². The summed E-state index contributed by atoms with van der Waals surface area (Å²) in [6, 6.07) is 1.73. The lowest BCUT2D eigenvalue weighted by Crippen LogP contribution is -2.21. The van der Waals surface area contributed by atoms with Gasteiger partial charge in [-0.3, -0.25) is 0 Å². The van der Waals surface area contributed by atoms with Crippen LogP contribution in [0.2, 0.25) is 0 Å². The number of anilines is 1. The van der Waals surface area contributed by atoms with Crippen molar-refractivity contribution in [1.82, 2.24) is 20.2 Å². The van der Waals surface area contributed by atoms with Crippen LogP contribution in [0.25, 0.3) is 0 Å². The summed E-state index contributed by atoms with van der Waals surface area (Å²) in [7, 11) is 1.60. The highest BCUT2D eigenvalue weighted by molar-refractivity contribution is 5.34. The van der Waals surface area contributed by atoms with Crippen molar-refractivity contribution in [3.8, 4) is 5.88 Å². The first kappa shape index (κ1) is 11.9. The molecule has 100 valence electrons. The molecule has 3 rings (SSSR count). The fourth-order valence-electron chi connectivity index (χ4n) is 2.22. The molecule has 19 heavy (non-hydrogen) atoms. The third-order valence-electron chi connectivity index (χ3n) is 3.19. The van der Waals surface area contributed by atoms with Crippen molar-refractivity contribution >= 4 is 5.95 Å². The van der Waals surface area contributed by atoms with E-state index in [1.165, 1.54) is 0 Å². The van der Waals surface area contributed by atoms with Crippen molar-refractivity contribution in [3.63, 3.8) is 0 Å². The first-order chi connectivity index (χ1) is 9.26. The highest BCUT2D eigenvalue weighted by Gasteiger charge is 2.29. The van der Waals surface area contributed by atoms with Crippen LogP contribution in [0.15, 0.2) is 16.7 Å². The highest BCUT2D eigenvalue weighted by Crippen LogP contribution is 2.28. The summed E-state index contributed by atoms with van der Waals surface area (Å²) in [5, 5.41) is 7.95. The SMILES string of the molecule is COc1ccnc(N2CCC(c3nnc(C)o3)C2)n1. The molecule has 0 amide bonds. The van der Waals surface area contributed by atoms with Crippen molar-refractivity contribution in [1.29, 1.82) is 0 Å². The molecular weight excluding hydrogens is 246 g/mol. The second-order valence-corrected chi connectivity index (χ2v) is 4.49. The van der Waals surface area contributed by atoms with Gasteiger partial charge in [0.15, 0.2) is 0 Å². The minimum atomic E-state index is 0.246. The number of hydrogen-bond donors (Lipinski definition) is 0. The Labute approximate surface area is 110 Å². The summed E-state index contributed by atoms with van der Waals surface area (Å²) >= 11 is 0. The Morgan fingerprint density at radius 2 is 2.32 bits per heavy atom. The summed E-state index contributed by atoms with van der Waals surface area (Å²) < 4.78 is 10.6. The van der Waals surface area contributed by atoms with Gasteiger partial charge >= 0.3 is 0 Å². The molecule has 1 unspecified atom stereocenters. The molecule has 0 saturated carbocycles.